The molecular formula is C9H15NO2. The standard InChI is InChI=1S/C9H15NO2/c1-8(2,3)5-9(4,6-10)7(11)12/h5H2,1-4H3,(H,11,12). The molecule has 0 aliphatic heterocycles. The van der Waals surface area contributed by atoms with Crippen LogP contribution in [0.3, 0.4) is 0 Å². The fraction of sp³-hybridized carbons (Fsp3) is 0.778. The van der Waals surface area contributed by atoms with Crippen LogP contribution in [-0.4, -0.2) is 11.1 Å². The largest absolute Gasteiger partial charge is 0.480 e. The van der Waals surface area contributed by atoms with Gasteiger partial charge in [0.05, 0.1) is 6.07 Å². The first-order valence-corrected chi connectivity index (χ1v) is 3.86. The summed E-state index contributed by atoms with van der Waals surface area (Å²) in [6.07, 6.45) is 0.367. The van der Waals surface area contributed by atoms with Crippen LogP contribution in [0.1, 0.15) is 34.1 Å². The summed E-state index contributed by atoms with van der Waals surface area (Å²) in [5.41, 5.74) is -1.39. The molecule has 0 saturated heterocycles. The fourth-order valence-corrected chi connectivity index (χ4v) is 1.22. The predicted molar refractivity (Wildman–Crippen MR) is 45.4 cm³/mol. The molecule has 0 saturated carbocycles. The minimum Gasteiger partial charge on any atom is -0.480 e. The molecule has 1 unspecified atom stereocenters. The van der Waals surface area contributed by atoms with E-state index in [2.05, 4.69) is 0 Å². The SMILES string of the molecule is CC(C)(C)CC(C)(C#N)C(=O)O. The number of hydrogen-bond acceptors (Lipinski definition) is 2. The van der Waals surface area contributed by atoms with E-state index in [0.29, 0.717) is 6.42 Å². The van der Waals surface area contributed by atoms with Gasteiger partial charge in [0.25, 0.3) is 0 Å². The second-order valence-corrected chi connectivity index (χ2v) is 4.49. The van der Waals surface area contributed by atoms with Crippen molar-refractivity contribution in [3.63, 3.8) is 0 Å². The first kappa shape index (κ1) is 11.0. The van der Waals surface area contributed by atoms with E-state index in [1.54, 1.807) is 0 Å². The molecule has 0 aromatic rings. The summed E-state index contributed by atoms with van der Waals surface area (Å²) >= 11 is 0. The van der Waals surface area contributed by atoms with Crippen molar-refractivity contribution in [3.8, 4) is 6.07 Å². The Morgan fingerprint density at radius 2 is 1.83 bits per heavy atom. The average Bonchev–Trinajstić information content (AvgIpc) is 1.83. The summed E-state index contributed by atoms with van der Waals surface area (Å²) < 4.78 is 0. The van der Waals surface area contributed by atoms with Crippen molar-refractivity contribution < 1.29 is 9.90 Å². The molecule has 1 N–H and O–H groups in total. The topological polar surface area (TPSA) is 61.1 Å². The minimum atomic E-state index is -1.25. The third-order valence-electron chi connectivity index (χ3n) is 1.60. The molecule has 0 rings (SSSR count). The third kappa shape index (κ3) is 2.91. The van der Waals surface area contributed by atoms with Gasteiger partial charge in [0.1, 0.15) is 0 Å². The molecule has 3 nitrogen and oxygen atoms in total. The van der Waals surface area contributed by atoms with Crippen molar-refractivity contribution in [1.82, 2.24) is 0 Å². The van der Waals surface area contributed by atoms with E-state index in [9.17, 15) is 4.79 Å². The lowest BCUT2D eigenvalue weighted by atomic mass is 9.76. The number of carboxylic acid groups (broad SMARTS) is 1. The van der Waals surface area contributed by atoms with Crippen LogP contribution in [0.25, 0.3) is 0 Å². The normalized spacial score (nSPS) is 16.2. The van der Waals surface area contributed by atoms with Gasteiger partial charge in [-0.15, -0.1) is 0 Å². The molecule has 0 aliphatic rings. The van der Waals surface area contributed by atoms with E-state index in [4.69, 9.17) is 10.4 Å². The van der Waals surface area contributed by atoms with E-state index in [1.165, 1.54) is 6.92 Å². The van der Waals surface area contributed by atoms with Crippen LogP contribution in [0.2, 0.25) is 0 Å². The number of nitrogens with zero attached hydrogens (tertiary/aromatic N) is 1. The number of hydrogen-bond donors (Lipinski definition) is 1. The first-order chi connectivity index (χ1) is 5.21. The van der Waals surface area contributed by atoms with Crippen molar-refractivity contribution >= 4 is 5.97 Å². The zero-order valence-electron chi connectivity index (χ0n) is 8.01. The van der Waals surface area contributed by atoms with Crippen LogP contribution in [0.15, 0.2) is 0 Å². The number of nitriles is 1. The van der Waals surface area contributed by atoms with Gasteiger partial charge < -0.3 is 5.11 Å². The lowest BCUT2D eigenvalue weighted by Crippen LogP contribution is -2.30. The van der Waals surface area contributed by atoms with Crippen LogP contribution in [0.5, 0.6) is 0 Å². The summed E-state index contributed by atoms with van der Waals surface area (Å²) in [7, 11) is 0. The Bertz CT molecular complexity index is 222. The third-order valence-corrected chi connectivity index (χ3v) is 1.60. The number of aliphatic carboxylic acids is 1. The van der Waals surface area contributed by atoms with E-state index < -0.39 is 11.4 Å². The van der Waals surface area contributed by atoms with Crippen LogP contribution in [0.4, 0.5) is 0 Å². The number of carboxylic acids is 1. The predicted octanol–water partition coefficient (Wildman–Crippen LogP) is 2.04. The summed E-state index contributed by atoms with van der Waals surface area (Å²) in [4.78, 5) is 10.7. The lowest BCUT2D eigenvalue weighted by molar-refractivity contribution is -0.146. The number of rotatable bonds is 2. The Morgan fingerprint density at radius 3 is 1.92 bits per heavy atom. The van der Waals surface area contributed by atoms with E-state index >= 15 is 0 Å². The summed E-state index contributed by atoms with van der Waals surface area (Å²) in [5.74, 6) is -1.04. The summed E-state index contributed by atoms with van der Waals surface area (Å²) in [6.45, 7) is 7.23. The molecule has 0 bridgehead atoms. The summed E-state index contributed by atoms with van der Waals surface area (Å²) in [5, 5.41) is 17.5. The van der Waals surface area contributed by atoms with Crippen molar-refractivity contribution in [2.45, 2.75) is 34.1 Å². The van der Waals surface area contributed by atoms with Crippen LogP contribution >= 0.6 is 0 Å². The molecule has 0 fully saturated rings. The van der Waals surface area contributed by atoms with Crippen LogP contribution < -0.4 is 0 Å². The van der Waals surface area contributed by atoms with Gasteiger partial charge in [-0.05, 0) is 18.8 Å². The molecule has 68 valence electrons. The highest BCUT2D eigenvalue weighted by Crippen LogP contribution is 2.32. The van der Waals surface area contributed by atoms with Gasteiger partial charge in [-0.25, -0.2) is 0 Å². The molecular weight excluding hydrogens is 154 g/mol. The Hall–Kier alpha value is -1.04. The molecule has 0 amide bonds. The second-order valence-electron chi connectivity index (χ2n) is 4.49. The van der Waals surface area contributed by atoms with Crippen molar-refractivity contribution in [2.24, 2.45) is 10.8 Å². The maximum Gasteiger partial charge on any atom is 0.323 e. The molecule has 0 aliphatic carbocycles. The smallest absolute Gasteiger partial charge is 0.323 e. The Kier molecular flexibility index (Phi) is 2.87. The number of carbonyl (C=O) groups is 1. The zero-order chi connectivity index (χ0) is 9.99. The quantitative estimate of drug-likeness (QED) is 0.688. The molecule has 0 radical (unpaired) electrons. The molecule has 0 heterocycles. The van der Waals surface area contributed by atoms with Gasteiger partial charge >= 0.3 is 5.97 Å². The highest BCUT2D eigenvalue weighted by molar-refractivity contribution is 5.77. The average molecular weight is 169 g/mol. The van der Waals surface area contributed by atoms with Gasteiger partial charge in [-0.2, -0.15) is 5.26 Å². The van der Waals surface area contributed by atoms with Gasteiger partial charge in [0, 0.05) is 0 Å². The van der Waals surface area contributed by atoms with E-state index in [1.807, 2.05) is 26.8 Å². The molecule has 0 spiro atoms. The van der Waals surface area contributed by atoms with E-state index in [-0.39, 0.29) is 5.41 Å². The second kappa shape index (κ2) is 3.14. The highest BCUT2D eigenvalue weighted by atomic mass is 16.4. The van der Waals surface area contributed by atoms with Gasteiger partial charge in [0.15, 0.2) is 5.41 Å². The maximum atomic E-state index is 10.7. The fourth-order valence-electron chi connectivity index (χ4n) is 1.22. The highest BCUT2D eigenvalue weighted by Gasteiger charge is 2.37. The van der Waals surface area contributed by atoms with Crippen molar-refractivity contribution in [1.29, 1.82) is 5.26 Å². The maximum absolute atomic E-state index is 10.7. The Labute approximate surface area is 73.0 Å². The lowest BCUT2D eigenvalue weighted by Gasteiger charge is -2.26. The van der Waals surface area contributed by atoms with Crippen molar-refractivity contribution in [2.75, 3.05) is 0 Å². The molecule has 12 heavy (non-hydrogen) atoms. The van der Waals surface area contributed by atoms with Crippen LogP contribution in [-0.2, 0) is 4.79 Å². The van der Waals surface area contributed by atoms with Crippen molar-refractivity contribution in [3.05, 3.63) is 0 Å². The zero-order valence-corrected chi connectivity index (χ0v) is 8.01. The minimum absolute atomic E-state index is 0.136. The first-order valence-electron chi connectivity index (χ1n) is 3.86. The van der Waals surface area contributed by atoms with Gasteiger partial charge in [-0.1, -0.05) is 20.8 Å². The molecule has 3 heteroatoms. The summed E-state index contributed by atoms with van der Waals surface area (Å²) in [6, 6.07) is 1.83. The Morgan fingerprint density at radius 1 is 1.42 bits per heavy atom. The van der Waals surface area contributed by atoms with E-state index in [0.717, 1.165) is 0 Å². The van der Waals surface area contributed by atoms with Gasteiger partial charge in [-0.3, -0.25) is 4.79 Å². The Balaban J connectivity index is 4.61. The molecule has 0 aromatic heterocycles. The van der Waals surface area contributed by atoms with Crippen LogP contribution in [0, 0.1) is 22.2 Å². The monoisotopic (exact) mass is 169 g/mol. The van der Waals surface area contributed by atoms with Gasteiger partial charge in [0.2, 0.25) is 0 Å². The molecule has 1 atom stereocenters. The molecule has 0 aromatic carbocycles.